The molecule has 1 aromatic heterocycles. The van der Waals surface area contributed by atoms with Gasteiger partial charge < -0.3 is 9.84 Å². The summed E-state index contributed by atoms with van der Waals surface area (Å²) < 4.78 is 7.57. The van der Waals surface area contributed by atoms with Gasteiger partial charge in [-0.1, -0.05) is 21.1 Å². The number of hydrogen-bond acceptors (Lipinski definition) is 4. The van der Waals surface area contributed by atoms with Crippen LogP contribution in [0.2, 0.25) is 0 Å². The number of rotatable bonds is 4. The van der Waals surface area contributed by atoms with Crippen molar-refractivity contribution in [1.29, 1.82) is 0 Å². The number of carbonyl (C=O) groups is 1. The van der Waals surface area contributed by atoms with Crippen molar-refractivity contribution in [3.05, 3.63) is 58.7 Å². The van der Waals surface area contributed by atoms with Gasteiger partial charge in [0, 0.05) is 10.0 Å². The summed E-state index contributed by atoms with van der Waals surface area (Å²) in [5.74, 6) is -0.438. The summed E-state index contributed by atoms with van der Waals surface area (Å²) in [7, 11) is 1.57. The third-order valence-electron chi connectivity index (χ3n) is 3.31. The minimum Gasteiger partial charge on any atom is -0.497 e. The second kappa shape index (κ2) is 6.21. The summed E-state index contributed by atoms with van der Waals surface area (Å²) in [5.41, 5.74) is 1.73. The van der Waals surface area contributed by atoms with Crippen molar-refractivity contribution in [2.75, 3.05) is 7.11 Å². The normalized spacial score (nSPS) is 10.5. The molecule has 0 aliphatic rings. The Hall–Kier alpha value is -2.67. The first-order valence-corrected chi connectivity index (χ1v) is 7.49. The highest BCUT2D eigenvalue weighted by Crippen LogP contribution is 2.27. The van der Waals surface area contributed by atoms with E-state index in [0.29, 0.717) is 17.0 Å². The number of ether oxygens (including phenoxy) is 1. The fraction of sp³-hybridized carbons (Fsp3) is 0.0625. The first kappa shape index (κ1) is 15.2. The number of nitrogens with zero attached hydrogens (tertiary/aromatic N) is 3. The zero-order chi connectivity index (χ0) is 16.4. The number of halogens is 1. The summed E-state index contributed by atoms with van der Waals surface area (Å²) in [5, 5.41) is 17.2. The highest BCUT2D eigenvalue weighted by Gasteiger charge is 2.21. The first-order chi connectivity index (χ1) is 11.1. The zero-order valence-electron chi connectivity index (χ0n) is 12.1. The van der Waals surface area contributed by atoms with Crippen molar-refractivity contribution in [3.63, 3.8) is 0 Å². The second-order valence-corrected chi connectivity index (χ2v) is 5.62. The monoisotopic (exact) mass is 373 g/mol. The third-order valence-corrected chi connectivity index (χ3v) is 3.84. The predicted octanol–water partition coefficient (Wildman–Crippen LogP) is 3.40. The van der Waals surface area contributed by atoms with Gasteiger partial charge in [-0.05, 0) is 48.5 Å². The maximum atomic E-state index is 11.5. The molecule has 0 amide bonds. The van der Waals surface area contributed by atoms with Crippen molar-refractivity contribution >= 4 is 21.9 Å². The molecule has 0 atom stereocenters. The molecule has 0 saturated heterocycles. The van der Waals surface area contributed by atoms with Crippen molar-refractivity contribution < 1.29 is 14.6 Å². The van der Waals surface area contributed by atoms with Crippen LogP contribution in [0.1, 0.15) is 10.5 Å². The maximum absolute atomic E-state index is 11.5. The third kappa shape index (κ3) is 2.95. The number of carboxylic acids is 1. The molecule has 0 unspecified atom stereocenters. The first-order valence-electron chi connectivity index (χ1n) is 6.69. The Morgan fingerprint density at radius 2 is 1.78 bits per heavy atom. The highest BCUT2D eigenvalue weighted by atomic mass is 79.9. The molecular formula is C16H12BrN3O3. The van der Waals surface area contributed by atoms with Crippen LogP contribution >= 0.6 is 15.9 Å². The maximum Gasteiger partial charge on any atom is 0.358 e. The number of hydrogen-bond donors (Lipinski definition) is 1. The zero-order valence-corrected chi connectivity index (χ0v) is 13.7. The SMILES string of the molecule is COc1ccc(-c2c(C(=O)O)nnn2-c2ccc(Br)cc2)cc1. The molecule has 1 N–H and O–H groups in total. The van der Waals surface area contributed by atoms with Gasteiger partial charge in [0.2, 0.25) is 0 Å². The lowest BCUT2D eigenvalue weighted by Gasteiger charge is -2.08. The molecule has 0 saturated carbocycles. The minimum atomic E-state index is -1.13. The average Bonchev–Trinajstić information content (AvgIpc) is 3.01. The Balaban J connectivity index is 2.17. The molecule has 0 bridgehead atoms. The van der Waals surface area contributed by atoms with E-state index in [0.717, 1.165) is 10.2 Å². The van der Waals surface area contributed by atoms with Crippen LogP contribution in [0.4, 0.5) is 0 Å². The van der Waals surface area contributed by atoms with E-state index in [1.807, 2.05) is 24.3 Å². The van der Waals surface area contributed by atoms with Crippen LogP contribution in [0.25, 0.3) is 16.9 Å². The molecule has 3 rings (SSSR count). The molecule has 116 valence electrons. The quantitative estimate of drug-likeness (QED) is 0.758. The molecule has 0 aliphatic heterocycles. The van der Waals surface area contributed by atoms with Crippen molar-refractivity contribution in [2.24, 2.45) is 0 Å². The van der Waals surface area contributed by atoms with E-state index in [-0.39, 0.29) is 5.69 Å². The van der Waals surface area contributed by atoms with E-state index in [9.17, 15) is 9.90 Å². The largest absolute Gasteiger partial charge is 0.497 e. The van der Waals surface area contributed by atoms with Gasteiger partial charge in [0.05, 0.1) is 12.8 Å². The van der Waals surface area contributed by atoms with Gasteiger partial charge in [0.15, 0.2) is 5.69 Å². The van der Waals surface area contributed by atoms with Gasteiger partial charge in [0.1, 0.15) is 11.4 Å². The Kier molecular flexibility index (Phi) is 4.12. The highest BCUT2D eigenvalue weighted by molar-refractivity contribution is 9.10. The molecule has 0 fully saturated rings. The summed E-state index contributed by atoms with van der Waals surface area (Å²) in [6.07, 6.45) is 0. The van der Waals surface area contributed by atoms with Gasteiger partial charge in [-0.3, -0.25) is 0 Å². The van der Waals surface area contributed by atoms with Crippen LogP contribution in [0.5, 0.6) is 5.75 Å². The van der Waals surface area contributed by atoms with Crippen LogP contribution in [-0.4, -0.2) is 33.2 Å². The van der Waals surface area contributed by atoms with Gasteiger partial charge in [-0.2, -0.15) is 0 Å². The lowest BCUT2D eigenvalue weighted by Crippen LogP contribution is -2.03. The van der Waals surface area contributed by atoms with Crippen molar-refractivity contribution in [3.8, 4) is 22.7 Å². The number of benzene rings is 2. The summed E-state index contributed by atoms with van der Waals surface area (Å²) in [4.78, 5) is 11.5. The van der Waals surface area contributed by atoms with Crippen molar-refractivity contribution in [1.82, 2.24) is 15.0 Å². The predicted molar refractivity (Wildman–Crippen MR) is 88.0 cm³/mol. The Bertz CT molecular complexity index is 842. The second-order valence-electron chi connectivity index (χ2n) is 4.71. The topological polar surface area (TPSA) is 77.2 Å². The molecule has 1 heterocycles. The van der Waals surface area contributed by atoms with Gasteiger partial charge in [0.25, 0.3) is 0 Å². The molecule has 2 aromatic carbocycles. The average molecular weight is 374 g/mol. The van der Waals surface area contributed by atoms with Crippen LogP contribution in [0, 0.1) is 0 Å². The molecule has 7 heteroatoms. The van der Waals surface area contributed by atoms with Crippen LogP contribution < -0.4 is 4.74 Å². The van der Waals surface area contributed by atoms with Gasteiger partial charge in [-0.15, -0.1) is 5.10 Å². The minimum absolute atomic E-state index is 0.0990. The lowest BCUT2D eigenvalue weighted by atomic mass is 10.1. The summed E-state index contributed by atoms with van der Waals surface area (Å²) in [6, 6.07) is 14.5. The number of carboxylic acid groups (broad SMARTS) is 1. The van der Waals surface area contributed by atoms with Crippen LogP contribution in [0.3, 0.4) is 0 Å². The fourth-order valence-electron chi connectivity index (χ4n) is 2.20. The van der Waals surface area contributed by atoms with E-state index < -0.39 is 5.97 Å². The molecular weight excluding hydrogens is 362 g/mol. The molecule has 3 aromatic rings. The van der Waals surface area contributed by atoms with Gasteiger partial charge in [-0.25, -0.2) is 9.48 Å². The molecule has 0 radical (unpaired) electrons. The van der Waals surface area contributed by atoms with Gasteiger partial charge >= 0.3 is 5.97 Å². The molecule has 23 heavy (non-hydrogen) atoms. The summed E-state index contributed by atoms with van der Waals surface area (Å²) in [6.45, 7) is 0. The molecule has 0 aliphatic carbocycles. The Morgan fingerprint density at radius 3 is 2.35 bits per heavy atom. The van der Waals surface area contributed by atoms with E-state index in [2.05, 4.69) is 26.2 Å². The Morgan fingerprint density at radius 1 is 1.13 bits per heavy atom. The van der Waals surface area contributed by atoms with E-state index >= 15 is 0 Å². The molecule has 0 spiro atoms. The van der Waals surface area contributed by atoms with Crippen LogP contribution in [0.15, 0.2) is 53.0 Å². The lowest BCUT2D eigenvalue weighted by molar-refractivity contribution is 0.0691. The van der Waals surface area contributed by atoms with E-state index in [1.165, 1.54) is 4.68 Å². The summed E-state index contributed by atoms with van der Waals surface area (Å²) >= 11 is 3.37. The number of aromatic nitrogens is 3. The van der Waals surface area contributed by atoms with Crippen LogP contribution in [-0.2, 0) is 0 Å². The number of aromatic carboxylic acids is 1. The van der Waals surface area contributed by atoms with Crippen molar-refractivity contribution in [2.45, 2.75) is 0 Å². The smallest absolute Gasteiger partial charge is 0.358 e. The standard InChI is InChI=1S/C16H12BrN3O3/c1-23-13-8-2-10(3-9-13)15-14(16(21)22)18-19-20(15)12-6-4-11(17)5-7-12/h2-9H,1H3,(H,21,22). The van der Waals surface area contributed by atoms with E-state index in [4.69, 9.17) is 4.74 Å². The fourth-order valence-corrected chi connectivity index (χ4v) is 2.46. The number of methoxy groups -OCH3 is 1. The molecule has 6 nitrogen and oxygen atoms in total. The van der Waals surface area contributed by atoms with E-state index in [1.54, 1.807) is 31.4 Å². The Labute approximate surface area is 140 Å².